The molecule has 1 aromatic rings. The van der Waals surface area contributed by atoms with E-state index < -0.39 is 11.7 Å². The van der Waals surface area contributed by atoms with Crippen LogP contribution in [0, 0.1) is 0 Å². The van der Waals surface area contributed by atoms with Crippen LogP contribution in [0.1, 0.15) is 37.9 Å². The van der Waals surface area contributed by atoms with Gasteiger partial charge in [0, 0.05) is 24.4 Å². The first-order valence-electron chi connectivity index (χ1n) is 6.22. The molecule has 0 saturated carbocycles. The number of nitrogens with one attached hydrogen (secondary N) is 1. The molecule has 102 valence electrons. The Bertz CT molecular complexity index is 357. The highest BCUT2D eigenvalue weighted by molar-refractivity contribution is 5.20. The summed E-state index contributed by atoms with van der Waals surface area (Å²) in [5.41, 5.74) is -0.136. The summed E-state index contributed by atoms with van der Waals surface area (Å²) in [6, 6.07) is 2.34. The molecule has 1 heterocycles. The van der Waals surface area contributed by atoms with Crippen LogP contribution in [0.25, 0.3) is 0 Å². The van der Waals surface area contributed by atoms with Gasteiger partial charge in [0.2, 0.25) is 0 Å². The van der Waals surface area contributed by atoms with E-state index in [1.165, 1.54) is 6.20 Å². The Labute approximate surface area is 106 Å². The summed E-state index contributed by atoms with van der Waals surface area (Å²) in [6.45, 7) is 4.86. The molecule has 0 aromatic carbocycles. The van der Waals surface area contributed by atoms with Crippen molar-refractivity contribution in [1.82, 2.24) is 10.3 Å². The number of nitrogens with zero attached hydrogens (tertiary/aromatic N) is 1. The molecule has 1 aromatic heterocycles. The highest BCUT2D eigenvalue weighted by Gasteiger charge is 2.30. The lowest BCUT2D eigenvalue weighted by atomic mass is 10.0. The Morgan fingerprint density at radius 1 is 1.33 bits per heavy atom. The molecule has 0 aliphatic heterocycles. The minimum atomic E-state index is -4.30. The summed E-state index contributed by atoms with van der Waals surface area (Å²) in [6.07, 6.45) is -0.600. The molecule has 0 spiro atoms. The van der Waals surface area contributed by atoms with E-state index in [1.807, 2.05) is 6.92 Å². The topological polar surface area (TPSA) is 24.9 Å². The van der Waals surface area contributed by atoms with Crippen molar-refractivity contribution in [1.29, 1.82) is 0 Å². The van der Waals surface area contributed by atoms with Crippen molar-refractivity contribution >= 4 is 0 Å². The van der Waals surface area contributed by atoms with E-state index in [1.54, 1.807) is 0 Å². The first-order valence-corrected chi connectivity index (χ1v) is 6.22. The summed E-state index contributed by atoms with van der Waals surface area (Å²) in [5, 5.41) is 3.27. The van der Waals surface area contributed by atoms with Crippen LogP contribution in [0.5, 0.6) is 0 Å². The van der Waals surface area contributed by atoms with Crippen LogP contribution in [0.2, 0.25) is 0 Å². The summed E-state index contributed by atoms with van der Waals surface area (Å²) < 4.78 is 37.7. The fourth-order valence-electron chi connectivity index (χ4n) is 1.93. The number of halogens is 3. The third-order valence-electron chi connectivity index (χ3n) is 2.73. The van der Waals surface area contributed by atoms with Crippen LogP contribution in [0.15, 0.2) is 18.3 Å². The summed E-state index contributed by atoms with van der Waals surface area (Å²) >= 11 is 0. The molecule has 1 N–H and O–H groups in total. The van der Waals surface area contributed by atoms with Crippen LogP contribution in [0.3, 0.4) is 0 Å². The molecular formula is C13H19F3N2. The number of alkyl halides is 3. The van der Waals surface area contributed by atoms with Crippen LogP contribution >= 0.6 is 0 Å². The van der Waals surface area contributed by atoms with Gasteiger partial charge in [0.25, 0.3) is 0 Å². The molecular weight excluding hydrogens is 241 g/mol. The van der Waals surface area contributed by atoms with Gasteiger partial charge in [-0.05, 0) is 25.1 Å². The molecule has 0 saturated heterocycles. The van der Waals surface area contributed by atoms with Gasteiger partial charge in [-0.2, -0.15) is 13.2 Å². The minimum Gasteiger partial charge on any atom is -0.314 e. The second-order valence-electron chi connectivity index (χ2n) is 4.28. The zero-order valence-corrected chi connectivity index (χ0v) is 10.7. The molecule has 0 bridgehead atoms. The number of hydrogen-bond donors (Lipinski definition) is 1. The lowest BCUT2D eigenvalue weighted by Crippen LogP contribution is -2.31. The van der Waals surface area contributed by atoms with Gasteiger partial charge in [-0.15, -0.1) is 0 Å². The van der Waals surface area contributed by atoms with E-state index in [0.717, 1.165) is 31.5 Å². The van der Waals surface area contributed by atoms with Gasteiger partial charge < -0.3 is 5.32 Å². The summed E-state index contributed by atoms with van der Waals surface area (Å²) in [5.74, 6) is 0. The molecule has 0 fully saturated rings. The highest BCUT2D eigenvalue weighted by Crippen LogP contribution is 2.29. The number of aromatic nitrogens is 1. The van der Waals surface area contributed by atoms with Gasteiger partial charge in [0.15, 0.2) is 0 Å². The highest BCUT2D eigenvalue weighted by atomic mass is 19.4. The van der Waals surface area contributed by atoms with Crippen LogP contribution in [0.4, 0.5) is 13.2 Å². The van der Waals surface area contributed by atoms with E-state index in [2.05, 4.69) is 17.2 Å². The van der Waals surface area contributed by atoms with Crippen molar-refractivity contribution in [3.63, 3.8) is 0 Å². The normalized spacial score (nSPS) is 13.6. The molecule has 0 aliphatic carbocycles. The Hall–Kier alpha value is -1.10. The average Bonchev–Trinajstić information content (AvgIpc) is 2.29. The predicted octanol–water partition coefficient (Wildman–Crippen LogP) is 3.42. The number of pyridine rings is 1. The van der Waals surface area contributed by atoms with E-state index >= 15 is 0 Å². The lowest BCUT2D eigenvalue weighted by molar-refractivity contribution is -0.137. The molecule has 0 amide bonds. The smallest absolute Gasteiger partial charge is 0.314 e. The Morgan fingerprint density at radius 3 is 2.61 bits per heavy atom. The van der Waals surface area contributed by atoms with E-state index in [0.29, 0.717) is 12.1 Å². The number of rotatable bonds is 6. The van der Waals surface area contributed by atoms with Crippen LogP contribution in [-0.2, 0) is 12.6 Å². The SMILES string of the molecule is CCCC(Cc1cc(C(F)(F)F)ccn1)NCC. The van der Waals surface area contributed by atoms with Crippen molar-refractivity contribution in [2.45, 2.75) is 45.3 Å². The van der Waals surface area contributed by atoms with Crippen LogP contribution in [-0.4, -0.2) is 17.6 Å². The lowest BCUT2D eigenvalue weighted by Gasteiger charge is -2.17. The van der Waals surface area contributed by atoms with Gasteiger partial charge in [-0.3, -0.25) is 4.98 Å². The standard InChI is InChI=1S/C13H19F3N2/c1-3-5-11(17-4-2)9-12-8-10(6-7-18-12)13(14,15)16/h6-8,11,17H,3-5,9H2,1-2H3. The van der Waals surface area contributed by atoms with Crippen molar-refractivity contribution < 1.29 is 13.2 Å². The second-order valence-corrected chi connectivity index (χ2v) is 4.28. The molecule has 18 heavy (non-hydrogen) atoms. The van der Waals surface area contributed by atoms with Gasteiger partial charge in [-0.25, -0.2) is 0 Å². The maximum absolute atomic E-state index is 12.6. The maximum atomic E-state index is 12.6. The maximum Gasteiger partial charge on any atom is 0.416 e. The predicted molar refractivity (Wildman–Crippen MR) is 65.3 cm³/mol. The van der Waals surface area contributed by atoms with E-state index in [9.17, 15) is 13.2 Å². The molecule has 5 heteroatoms. The van der Waals surface area contributed by atoms with E-state index in [4.69, 9.17) is 0 Å². The van der Waals surface area contributed by atoms with Crippen molar-refractivity contribution in [3.05, 3.63) is 29.6 Å². The van der Waals surface area contributed by atoms with Gasteiger partial charge in [0.1, 0.15) is 0 Å². The van der Waals surface area contributed by atoms with Crippen molar-refractivity contribution in [2.75, 3.05) is 6.54 Å². The first kappa shape index (κ1) is 15.0. The van der Waals surface area contributed by atoms with Crippen molar-refractivity contribution in [2.24, 2.45) is 0 Å². The molecule has 1 atom stereocenters. The Balaban J connectivity index is 2.77. The quantitative estimate of drug-likeness (QED) is 0.847. The number of hydrogen-bond acceptors (Lipinski definition) is 2. The first-order chi connectivity index (χ1) is 8.47. The molecule has 2 nitrogen and oxygen atoms in total. The van der Waals surface area contributed by atoms with E-state index in [-0.39, 0.29) is 6.04 Å². The second kappa shape index (κ2) is 6.73. The van der Waals surface area contributed by atoms with Crippen LogP contribution < -0.4 is 5.32 Å². The Kier molecular flexibility index (Phi) is 5.59. The third kappa shape index (κ3) is 4.64. The van der Waals surface area contributed by atoms with Gasteiger partial charge in [-0.1, -0.05) is 20.3 Å². The monoisotopic (exact) mass is 260 g/mol. The summed E-state index contributed by atoms with van der Waals surface area (Å²) in [4.78, 5) is 4.02. The Morgan fingerprint density at radius 2 is 2.06 bits per heavy atom. The fraction of sp³-hybridized carbons (Fsp3) is 0.615. The van der Waals surface area contributed by atoms with Gasteiger partial charge in [0.05, 0.1) is 5.56 Å². The largest absolute Gasteiger partial charge is 0.416 e. The van der Waals surface area contributed by atoms with Crippen molar-refractivity contribution in [3.8, 4) is 0 Å². The summed E-state index contributed by atoms with van der Waals surface area (Å²) in [7, 11) is 0. The van der Waals surface area contributed by atoms with Gasteiger partial charge >= 0.3 is 6.18 Å². The third-order valence-corrected chi connectivity index (χ3v) is 2.73. The molecule has 0 radical (unpaired) electrons. The molecule has 1 unspecified atom stereocenters. The molecule has 1 rings (SSSR count). The fourth-order valence-corrected chi connectivity index (χ4v) is 1.93. The minimum absolute atomic E-state index is 0.191. The molecule has 0 aliphatic rings. The zero-order chi connectivity index (χ0) is 13.6. The average molecular weight is 260 g/mol. The number of likely N-dealkylation sites (N-methyl/N-ethyl adjacent to an activating group) is 1. The zero-order valence-electron chi connectivity index (χ0n) is 10.7.